The van der Waals surface area contributed by atoms with Gasteiger partial charge in [0.2, 0.25) is 35.4 Å². The highest BCUT2D eigenvalue weighted by molar-refractivity contribution is 5.93. The molecule has 14 nitrogen and oxygen atoms in total. The quantitative estimate of drug-likeness (QED) is 0.0902. The molecule has 0 unspecified atom stereocenters. The maximum absolute atomic E-state index is 13.8. The molecule has 0 aromatic carbocycles. The summed E-state index contributed by atoms with van der Waals surface area (Å²) in [4.78, 5) is 75.8. The molecule has 6 amide bonds. The van der Waals surface area contributed by atoms with Crippen LogP contribution in [0.15, 0.2) is 0 Å². The van der Waals surface area contributed by atoms with Gasteiger partial charge in [0.25, 0.3) is 0 Å². The monoisotopic (exact) mass is 738 g/mol. The van der Waals surface area contributed by atoms with Gasteiger partial charge in [0.05, 0.1) is 12.1 Å². The van der Waals surface area contributed by atoms with Crippen molar-refractivity contribution in [2.45, 2.75) is 156 Å². The Kier molecular flexibility index (Phi) is 23.4. The number of hydrogen-bond acceptors (Lipinski definition) is 8. The Morgan fingerprint density at radius 3 is 1.35 bits per heavy atom. The Labute approximate surface area is 305 Å². The minimum absolute atomic E-state index is 0. The minimum Gasteiger partial charge on any atom is -0.368 e. The van der Waals surface area contributed by atoms with E-state index in [9.17, 15) is 28.8 Å². The fourth-order valence-corrected chi connectivity index (χ4v) is 5.69. The summed E-state index contributed by atoms with van der Waals surface area (Å²) in [6.45, 7) is 16.5. The van der Waals surface area contributed by atoms with Gasteiger partial charge in [-0.25, -0.2) is 0 Å². The average molecular weight is 740 g/mol. The number of nitrogens with one attached hydrogen (secondary N) is 6. The molecule has 1 fully saturated rings. The SMILES string of the molecule is CC(C)C[C@H](NC(=O)[C@@H](CC(C)C)NC(=O)[C@H](CC(C)C)N[C@@H]1CCCC[C@H]1N[C@@H](C)C(=O)N[C@H](C)C(=O)N[C@@H](C)C(N)=O)C(N)=O.Cl.Cl. The van der Waals surface area contributed by atoms with Crippen molar-refractivity contribution in [3.05, 3.63) is 0 Å². The molecule has 0 bridgehead atoms. The number of nitrogens with two attached hydrogens (primary N) is 2. The number of primary amides is 2. The van der Waals surface area contributed by atoms with Gasteiger partial charge in [-0.1, -0.05) is 54.4 Å². The Morgan fingerprint density at radius 1 is 0.490 bits per heavy atom. The third-order valence-corrected chi connectivity index (χ3v) is 8.31. The fourth-order valence-electron chi connectivity index (χ4n) is 5.69. The standard InChI is InChI=1S/C33H62N8O6.2ClH/c1-17(2)14-25(29(35)43)40-33(47)27(16-19(5)6)41-32(46)26(15-18(3)4)39-24-13-11-10-12-23(24)36-21(8)30(44)38-22(9)31(45)37-20(7)28(34)42;;/h17-27,36,39H,10-16H2,1-9H3,(H2,34,42)(H2,35,43)(H,37,45)(H,38,44)(H,40,47)(H,41,46);2*1H/t20-,21-,22+,23+,24+,25-,26-,27+;;/m0../s1. The number of carbonyl (C=O) groups is 6. The molecule has 286 valence electrons. The largest absolute Gasteiger partial charge is 0.368 e. The lowest BCUT2D eigenvalue weighted by Gasteiger charge is -2.37. The van der Waals surface area contributed by atoms with Gasteiger partial charge in [-0.2, -0.15) is 0 Å². The summed E-state index contributed by atoms with van der Waals surface area (Å²) < 4.78 is 0. The predicted octanol–water partition coefficient (Wildman–Crippen LogP) is 1.17. The summed E-state index contributed by atoms with van der Waals surface area (Å²) >= 11 is 0. The van der Waals surface area contributed by atoms with Gasteiger partial charge in [-0.15, -0.1) is 24.8 Å². The number of rotatable bonds is 20. The lowest BCUT2D eigenvalue weighted by atomic mass is 9.88. The molecule has 0 aliphatic heterocycles. The number of halogens is 2. The van der Waals surface area contributed by atoms with Crippen LogP contribution in [0.5, 0.6) is 0 Å². The van der Waals surface area contributed by atoms with Gasteiger partial charge in [0.1, 0.15) is 24.2 Å². The second kappa shape index (κ2) is 23.7. The first-order valence-electron chi connectivity index (χ1n) is 17.1. The van der Waals surface area contributed by atoms with E-state index in [2.05, 4.69) is 31.9 Å². The zero-order chi connectivity index (χ0) is 36.0. The molecular formula is C33H64Cl2N8O6. The van der Waals surface area contributed by atoms with Crippen LogP contribution in [-0.4, -0.2) is 83.8 Å². The fraction of sp³-hybridized carbons (Fsp3) is 0.818. The molecule has 0 aromatic heterocycles. The van der Waals surface area contributed by atoms with Crippen LogP contribution < -0.4 is 43.4 Å². The second-order valence-electron chi connectivity index (χ2n) is 14.4. The van der Waals surface area contributed by atoms with Crippen LogP contribution in [-0.2, 0) is 28.8 Å². The Balaban J connectivity index is 0. The summed E-state index contributed by atoms with van der Waals surface area (Å²) in [5, 5.41) is 17.8. The molecule has 0 heterocycles. The van der Waals surface area contributed by atoms with Crippen LogP contribution >= 0.6 is 24.8 Å². The topological polar surface area (TPSA) is 227 Å². The van der Waals surface area contributed by atoms with Crippen LogP contribution in [0.4, 0.5) is 0 Å². The highest BCUT2D eigenvalue weighted by Crippen LogP contribution is 2.21. The summed E-state index contributed by atoms with van der Waals surface area (Å²) in [5.41, 5.74) is 10.8. The van der Waals surface area contributed by atoms with Crippen molar-refractivity contribution in [2.24, 2.45) is 29.2 Å². The maximum Gasteiger partial charge on any atom is 0.243 e. The van der Waals surface area contributed by atoms with Gasteiger partial charge in [0, 0.05) is 12.1 Å². The molecule has 1 rings (SSSR count). The van der Waals surface area contributed by atoms with Crippen molar-refractivity contribution >= 4 is 60.3 Å². The summed E-state index contributed by atoms with van der Waals surface area (Å²) in [6, 6.07) is -4.94. The molecule has 8 atom stereocenters. The second-order valence-corrected chi connectivity index (χ2v) is 14.4. The van der Waals surface area contributed by atoms with Gasteiger partial charge in [-0.05, 0) is 70.6 Å². The van der Waals surface area contributed by atoms with Crippen LogP contribution in [0.1, 0.15) is 107 Å². The maximum atomic E-state index is 13.8. The van der Waals surface area contributed by atoms with Crippen LogP contribution in [0, 0.1) is 17.8 Å². The van der Waals surface area contributed by atoms with E-state index in [-0.39, 0.29) is 66.5 Å². The summed E-state index contributed by atoms with van der Waals surface area (Å²) in [6.07, 6.45) is 4.76. The molecule has 0 saturated heterocycles. The lowest BCUT2D eigenvalue weighted by molar-refractivity contribution is -0.132. The van der Waals surface area contributed by atoms with Crippen LogP contribution in [0.3, 0.4) is 0 Å². The lowest BCUT2D eigenvalue weighted by Crippen LogP contribution is -2.61. The van der Waals surface area contributed by atoms with Crippen molar-refractivity contribution < 1.29 is 28.8 Å². The minimum atomic E-state index is -0.882. The molecule has 49 heavy (non-hydrogen) atoms. The summed E-state index contributed by atoms with van der Waals surface area (Å²) in [7, 11) is 0. The van der Waals surface area contributed by atoms with Gasteiger partial charge in [0.15, 0.2) is 0 Å². The van der Waals surface area contributed by atoms with Crippen molar-refractivity contribution in [1.29, 1.82) is 0 Å². The van der Waals surface area contributed by atoms with Gasteiger partial charge >= 0.3 is 0 Å². The number of hydrogen-bond donors (Lipinski definition) is 8. The summed E-state index contributed by atoms with van der Waals surface area (Å²) in [5.74, 6) is -2.54. The first kappa shape index (κ1) is 48.4. The van der Waals surface area contributed by atoms with Crippen molar-refractivity contribution in [2.75, 3.05) is 0 Å². The van der Waals surface area contributed by atoms with Crippen molar-refractivity contribution in [3.63, 3.8) is 0 Å². The molecule has 0 aromatic rings. The molecule has 16 heteroatoms. The number of amides is 6. The molecule has 10 N–H and O–H groups in total. The molecule has 0 spiro atoms. The average Bonchev–Trinajstić information content (AvgIpc) is 2.95. The molecule has 1 saturated carbocycles. The smallest absolute Gasteiger partial charge is 0.243 e. The van der Waals surface area contributed by atoms with E-state index in [0.29, 0.717) is 19.3 Å². The normalized spacial score (nSPS) is 19.6. The van der Waals surface area contributed by atoms with E-state index in [1.807, 2.05) is 41.5 Å². The Bertz CT molecular complexity index is 1080. The first-order chi connectivity index (χ1) is 21.8. The number of carbonyl (C=O) groups excluding carboxylic acids is 6. The third kappa shape index (κ3) is 18.2. The van der Waals surface area contributed by atoms with E-state index in [1.165, 1.54) is 13.8 Å². The Hall–Kier alpha value is -2.68. The van der Waals surface area contributed by atoms with Crippen molar-refractivity contribution in [3.8, 4) is 0 Å². The molecular weight excluding hydrogens is 675 g/mol. The Morgan fingerprint density at radius 2 is 0.878 bits per heavy atom. The van der Waals surface area contributed by atoms with Crippen LogP contribution in [0.2, 0.25) is 0 Å². The van der Waals surface area contributed by atoms with E-state index < -0.39 is 59.9 Å². The first-order valence-corrected chi connectivity index (χ1v) is 17.1. The predicted molar refractivity (Wildman–Crippen MR) is 196 cm³/mol. The van der Waals surface area contributed by atoms with Gasteiger partial charge in [-0.3, -0.25) is 28.8 Å². The molecule has 0 radical (unpaired) electrons. The highest BCUT2D eigenvalue weighted by Gasteiger charge is 2.34. The van der Waals surface area contributed by atoms with E-state index in [1.54, 1.807) is 6.92 Å². The zero-order valence-corrected chi connectivity index (χ0v) is 32.4. The van der Waals surface area contributed by atoms with E-state index >= 15 is 0 Å². The highest BCUT2D eigenvalue weighted by atomic mass is 35.5. The zero-order valence-electron chi connectivity index (χ0n) is 30.7. The van der Waals surface area contributed by atoms with Gasteiger partial charge < -0.3 is 43.4 Å². The molecule has 1 aliphatic carbocycles. The molecule has 1 aliphatic rings. The van der Waals surface area contributed by atoms with Crippen molar-refractivity contribution in [1.82, 2.24) is 31.9 Å². The van der Waals surface area contributed by atoms with E-state index in [0.717, 1.165) is 25.7 Å². The third-order valence-electron chi connectivity index (χ3n) is 8.31. The van der Waals surface area contributed by atoms with E-state index in [4.69, 9.17) is 11.5 Å². The van der Waals surface area contributed by atoms with Crippen LogP contribution in [0.25, 0.3) is 0 Å².